The Bertz CT molecular complexity index is 354. The molecule has 0 amide bonds. The smallest absolute Gasteiger partial charge is 0.174 e. The molecule has 1 nitrogen and oxygen atoms in total. The van der Waals surface area contributed by atoms with E-state index in [1.807, 2.05) is 22.6 Å². The molecule has 0 N–H and O–H groups in total. The molecule has 13 heavy (non-hydrogen) atoms. The van der Waals surface area contributed by atoms with Crippen molar-refractivity contribution in [3.05, 3.63) is 31.6 Å². The Morgan fingerprint density at radius 3 is 2.69 bits per heavy atom. The fourth-order valence-electron chi connectivity index (χ4n) is 0.831. The number of Topliss-reactive ketones (excluding diaryl/α,β-unsaturated/α-hetero) is 1. The van der Waals surface area contributed by atoms with Gasteiger partial charge in [0.05, 0.1) is 8.90 Å². The number of carbonyl (C=O) groups excluding carboxylic acids is 1. The maximum atomic E-state index is 13.1. The van der Waals surface area contributed by atoms with Crippen molar-refractivity contribution in [1.29, 1.82) is 0 Å². The molecule has 0 saturated carbocycles. The van der Waals surface area contributed by atoms with Crippen LogP contribution in [-0.2, 0) is 0 Å². The van der Waals surface area contributed by atoms with Gasteiger partial charge in [0, 0.05) is 10.0 Å². The molecule has 1 rings (SSSR count). The number of hydrogen-bond acceptors (Lipinski definition) is 1. The normalized spacial score (nSPS) is 10.2. The van der Waals surface area contributed by atoms with E-state index in [1.54, 1.807) is 6.07 Å². The zero-order chi connectivity index (χ0) is 10.0. The van der Waals surface area contributed by atoms with E-state index < -0.39 is 0 Å². The summed E-state index contributed by atoms with van der Waals surface area (Å²) in [6.45, 7) is 0. The lowest BCUT2D eigenvalue weighted by atomic mass is 10.1. The first-order valence-electron chi connectivity index (χ1n) is 3.30. The first-order valence-corrected chi connectivity index (χ1v) is 6.29. The summed E-state index contributed by atoms with van der Waals surface area (Å²) < 4.78 is 14.1. The lowest BCUT2D eigenvalue weighted by Gasteiger charge is -2.03. The van der Waals surface area contributed by atoms with Crippen LogP contribution in [0.1, 0.15) is 10.4 Å². The molecule has 0 fully saturated rings. The van der Waals surface area contributed by atoms with Crippen molar-refractivity contribution >= 4 is 60.2 Å². The Morgan fingerprint density at radius 2 is 2.15 bits per heavy atom. The third-order valence-electron chi connectivity index (χ3n) is 1.41. The van der Waals surface area contributed by atoms with Crippen molar-refractivity contribution in [2.45, 2.75) is 0 Å². The van der Waals surface area contributed by atoms with Gasteiger partial charge < -0.3 is 0 Å². The van der Waals surface area contributed by atoms with E-state index in [2.05, 4.69) is 31.9 Å². The van der Waals surface area contributed by atoms with Crippen molar-refractivity contribution in [1.82, 2.24) is 0 Å². The molecule has 5 heteroatoms. The molecule has 70 valence electrons. The molecule has 0 aliphatic heterocycles. The monoisotopic (exact) mass is 420 g/mol. The van der Waals surface area contributed by atoms with Crippen molar-refractivity contribution in [3.63, 3.8) is 0 Å². The lowest BCUT2D eigenvalue weighted by Crippen LogP contribution is -2.04. The molecule has 0 aromatic heterocycles. The van der Waals surface area contributed by atoms with Gasteiger partial charge in [-0.1, -0.05) is 31.9 Å². The summed E-state index contributed by atoms with van der Waals surface area (Å²) in [6.07, 6.45) is 0. The molecule has 1 aromatic rings. The Morgan fingerprint density at radius 1 is 1.54 bits per heavy atom. The summed E-state index contributed by atoms with van der Waals surface area (Å²) in [5, 5.41) is 0.207. The summed E-state index contributed by atoms with van der Waals surface area (Å²) in [7, 11) is 0. The first kappa shape index (κ1) is 11.6. The van der Waals surface area contributed by atoms with Crippen molar-refractivity contribution in [2.75, 3.05) is 5.33 Å². The minimum absolute atomic E-state index is 0.121. The molecule has 1 aromatic carbocycles. The van der Waals surface area contributed by atoms with Crippen LogP contribution >= 0.6 is 54.5 Å². The number of carbonyl (C=O) groups is 1. The van der Waals surface area contributed by atoms with Crippen LogP contribution in [0.2, 0.25) is 0 Å². The number of hydrogen-bond donors (Lipinski definition) is 0. The van der Waals surface area contributed by atoms with Crippen LogP contribution in [-0.4, -0.2) is 11.1 Å². The van der Waals surface area contributed by atoms with Crippen molar-refractivity contribution < 1.29 is 9.18 Å². The number of benzene rings is 1. The third kappa shape index (κ3) is 2.73. The number of rotatable bonds is 2. The summed E-state index contributed by atoms with van der Waals surface area (Å²) in [5.41, 5.74) is 0.407. The van der Waals surface area contributed by atoms with Gasteiger partial charge in [0.2, 0.25) is 0 Å². The van der Waals surface area contributed by atoms with Crippen LogP contribution < -0.4 is 0 Å². The zero-order valence-corrected chi connectivity index (χ0v) is 11.6. The average Bonchev–Trinajstić information content (AvgIpc) is 2.10. The van der Waals surface area contributed by atoms with Crippen LogP contribution in [0.5, 0.6) is 0 Å². The van der Waals surface area contributed by atoms with Gasteiger partial charge in [-0.3, -0.25) is 4.79 Å². The second-order valence-corrected chi connectivity index (χ2v) is 4.86. The quantitative estimate of drug-likeness (QED) is 0.307. The summed E-state index contributed by atoms with van der Waals surface area (Å²) in [6, 6.07) is 2.96. The number of halogens is 4. The molecule has 0 heterocycles. The number of alkyl halides is 1. The molecular formula is C8H4Br2FIO. The average molecular weight is 422 g/mol. The van der Waals surface area contributed by atoms with E-state index >= 15 is 0 Å². The van der Waals surface area contributed by atoms with Crippen molar-refractivity contribution in [2.24, 2.45) is 0 Å². The highest BCUT2D eigenvalue weighted by Gasteiger charge is 2.13. The van der Waals surface area contributed by atoms with Gasteiger partial charge in [-0.05, 0) is 34.7 Å². The predicted octanol–water partition coefficient (Wildman–Crippen LogP) is 3.77. The molecule has 0 aliphatic rings. The second kappa shape index (κ2) is 4.84. The largest absolute Gasteiger partial charge is 0.293 e. The van der Waals surface area contributed by atoms with E-state index in [-0.39, 0.29) is 16.9 Å². The highest BCUT2D eigenvalue weighted by Crippen LogP contribution is 2.22. The van der Waals surface area contributed by atoms with Crippen LogP contribution in [0, 0.1) is 9.39 Å². The number of ketones is 1. The molecule has 0 bridgehead atoms. The maximum absolute atomic E-state index is 13.1. The fraction of sp³-hybridized carbons (Fsp3) is 0.125. The standard InChI is InChI=1S/C8H4Br2FIO/c9-3-7(13)5-1-4(10)2-6(11)8(5)12/h1-2H,3H2. The van der Waals surface area contributed by atoms with E-state index in [0.29, 0.717) is 13.6 Å². The maximum Gasteiger partial charge on any atom is 0.174 e. The molecule has 0 atom stereocenters. The van der Waals surface area contributed by atoms with Crippen LogP contribution in [0.25, 0.3) is 0 Å². The molecule has 0 spiro atoms. The SMILES string of the molecule is O=C(CBr)c1cc(Br)cc(F)c1I. The predicted molar refractivity (Wildman–Crippen MR) is 64.9 cm³/mol. The van der Waals surface area contributed by atoms with Crippen LogP contribution in [0.15, 0.2) is 16.6 Å². The van der Waals surface area contributed by atoms with Gasteiger partial charge >= 0.3 is 0 Å². The molecular weight excluding hydrogens is 418 g/mol. The molecule has 0 radical (unpaired) electrons. The lowest BCUT2D eigenvalue weighted by molar-refractivity contribution is 0.102. The molecule has 0 unspecified atom stereocenters. The van der Waals surface area contributed by atoms with Gasteiger partial charge in [-0.15, -0.1) is 0 Å². The van der Waals surface area contributed by atoms with Gasteiger partial charge in [-0.25, -0.2) is 4.39 Å². The first-order chi connectivity index (χ1) is 6.06. The third-order valence-corrected chi connectivity index (χ3v) is 3.48. The van der Waals surface area contributed by atoms with E-state index in [1.165, 1.54) is 6.07 Å². The minimum atomic E-state index is -0.376. The zero-order valence-electron chi connectivity index (χ0n) is 6.28. The van der Waals surface area contributed by atoms with Gasteiger partial charge in [-0.2, -0.15) is 0 Å². The van der Waals surface area contributed by atoms with Gasteiger partial charge in [0.25, 0.3) is 0 Å². The van der Waals surface area contributed by atoms with Gasteiger partial charge in [0.1, 0.15) is 5.82 Å². The van der Waals surface area contributed by atoms with E-state index in [0.717, 1.165) is 0 Å². The molecule has 0 saturated heterocycles. The molecule has 0 aliphatic carbocycles. The second-order valence-electron chi connectivity index (χ2n) is 2.31. The highest BCUT2D eigenvalue weighted by atomic mass is 127. The van der Waals surface area contributed by atoms with Crippen molar-refractivity contribution in [3.8, 4) is 0 Å². The van der Waals surface area contributed by atoms with E-state index in [4.69, 9.17) is 0 Å². The summed E-state index contributed by atoms with van der Waals surface area (Å²) >= 11 is 8.00. The van der Waals surface area contributed by atoms with E-state index in [9.17, 15) is 9.18 Å². The summed E-state index contributed by atoms with van der Waals surface area (Å²) in [5.74, 6) is -0.496. The fourth-order valence-corrected chi connectivity index (χ4v) is 2.18. The Balaban J connectivity index is 3.28. The van der Waals surface area contributed by atoms with Gasteiger partial charge in [0.15, 0.2) is 5.78 Å². The topological polar surface area (TPSA) is 17.1 Å². The summed E-state index contributed by atoms with van der Waals surface area (Å²) in [4.78, 5) is 11.3. The van der Waals surface area contributed by atoms with Crippen LogP contribution in [0.3, 0.4) is 0 Å². The Labute approximate surface area is 105 Å². The Hall–Kier alpha value is 0.510. The van der Waals surface area contributed by atoms with Crippen LogP contribution in [0.4, 0.5) is 4.39 Å². The minimum Gasteiger partial charge on any atom is -0.293 e. The highest BCUT2D eigenvalue weighted by molar-refractivity contribution is 14.1. The Kier molecular flexibility index (Phi) is 4.31.